The zero-order chi connectivity index (χ0) is 47.5. The van der Waals surface area contributed by atoms with Crippen LogP contribution in [0, 0.1) is 117 Å². The topological polar surface area (TPSA) is 0 Å². The molecular weight excluding hydrogens is 1070 g/mol. The molecule has 4 fully saturated rings. The van der Waals surface area contributed by atoms with Crippen molar-refractivity contribution in [2.45, 2.75) is 179 Å². The molecule has 0 spiro atoms. The maximum absolute atomic E-state index is 4.93. The molecule has 8 aliphatic carbocycles. The van der Waals surface area contributed by atoms with Gasteiger partial charge in [0.1, 0.15) is 0 Å². The standard InChI is InChI=1S/C21H30.C19H26.2C9H18.4CH3.4ClH.2Zr/c1-20(2,3)16-7-9-18-14(12-16)11-15-13-17(21(4,5)6)8-10-19(15)18;1-2-3-4-5-8-15-11-12-19-17(13-15)14-16-9-6-7-10-18(16)19;1-6-5-7(2)9(4)8(6)3;1-2-3-6-9-7-4-5-8-9;;;;;;;;;;/h7-10,12-15,18-19H,11H2,1-6H3;6-7,9-13,16-19H,2-5,8,14H2,1H3;6-9H,5H2,1-4H3;9H,2-8H2,1H3;4*1H3;4*1H;;/q;;;;4*-1;;;;;2*+4/p-4. The molecule has 0 amide bonds. The summed E-state index contributed by atoms with van der Waals surface area (Å²) in [6.07, 6.45) is 53.1. The fourth-order valence-electron chi connectivity index (χ4n) is 12.0. The van der Waals surface area contributed by atoms with Crippen molar-refractivity contribution in [3.8, 4) is 0 Å². The zero-order valence-electron chi connectivity index (χ0n) is 46.6. The molecule has 0 nitrogen and oxygen atoms in total. The first-order valence-electron chi connectivity index (χ1n) is 25.9. The first-order valence-corrected chi connectivity index (χ1v) is 38.6. The normalized spacial score (nSPS) is 30.6. The molecule has 0 aromatic rings. The number of rotatable bonds is 8. The van der Waals surface area contributed by atoms with Crippen molar-refractivity contribution in [2.24, 2.45) is 87.8 Å². The fourth-order valence-corrected chi connectivity index (χ4v) is 12.0. The number of unbranched alkanes of at least 4 members (excludes halogenated alkanes) is 4. The van der Waals surface area contributed by atoms with E-state index < -0.39 is 41.7 Å². The van der Waals surface area contributed by atoms with E-state index in [-0.39, 0.29) is 40.5 Å². The van der Waals surface area contributed by atoms with E-state index in [1.807, 2.05) is 0 Å². The van der Waals surface area contributed by atoms with Gasteiger partial charge in [-0.3, -0.25) is 0 Å². The summed E-state index contributed by atoms with van der Waals surface area (Å²) in [6, 6.07) is 0. The van der Waals surface area contributed by atoms with Gasteiger partial charge in [0.05, 0.1) is 0 Å². The summed E-state index contributed by atoms with van der Waals surface area (Å²) >= 11 is -1.65. The molecule has 0 aromatic heterocycles. The minimum absolute atomic E-state index is 0. The van der Waals surface area contributed by atoms with Gasteiger partial charge in [0.15, 0.2) is 0 Å². The Morgan fingerprint density at radius 1 is 0.500 bits per heavy atom. The van der Waals surface area contributed by atoms with Crippen LogP contribution < -0.4 is 0 Å². The Morgan fingerprint density at radius 2 is 0.912 bits per heavy atom. The van der Waals surface area contributed by atoms with Gasteiger partial charge in [0.2, 0.25) is 0 Å². The van der Waals surface area contributed by atoms with E-state index in [2.05, 4.69) is 162 Å². The third-order valence-electron chi connectivity index (χ3n) is 16.4. The molecule has 0 N–H and O–H groups in total. The molecule has 0 saturated heterocycles. The number of hydrogen-bond acceptors (Lipinski definition) is 0. The number of halogens is 4. The average Bonchev–Trinajstić information content (AvgIpc) is 4.05. The first kappa shape index (κ1) is 70.9. The fraction of sp³-hybridized carbons (Fsp3) is 0.677. The van der Waals surface area contributed by atoms with Gasteiger partial charge in [-0.15, -0.1) is 0 Å². The Morgan fingerprint density at radius 3 is 1.34 bits per heavy atom. The van der Waals surface area contributed by atoms with Crippen molar-refractivity contribution in [2.75, 3.05) is 0 Å². The van der Waals surface area contributed by atoms with Gasteiger partial charge in [-0.05, 0) is 131 Å². The van der Waals surface area contributed by atoms with Crippen molar-refractivity contribution in [3.05, 3.63) is 125 Å². The van der Waals surface area contributed by atoms with Gasteiger partial charge in [-0.2, -0.15) is 0 Å². The second-order valence-corrected chi connectivity index (χ2v) is 30.4. The van der Waals surface area contributed by atoms with Gasteiger partial charge in [0.25, 0.3) is 0 Å². The molecule has 0 heterocycles. The van der Waals surface area contributed by atoms with Crippen LogP contribution in [0.25, 0.3) is 0 Å². The van der Waals surface area contributed by atoms with Gasteiger partial charge < -0.3 is 29.7 Å². The van der Waals surface area contributed by atoms with Crippen molar-refractivity contribution < 1.29 is 41.7 Å². The third kappa shape index (κ3) is 23.2. The van der Waals surface area contributed by atoms with Crippen molar-refractivity contribution in [3.63, 3.8) is 0 Å². The van der Waals surface area contributed by atoms with Crippen molar-refractivity contribution >= 4 is 34.1 Å². The molecule has 4 saturated carbocycles. The molecule has 0 aromatic carbocycles. The van der Waals surface area contributed by atoms with Crippen LogP contribution in [0.5, 0.6) is 0 Å². The average molecular weight is 1170 g/mol. The summed E-state index contributed by atoms with van der Waals surface area (Å²) in [5.41, 5.74) is 5.19. The van der Waals surface area contributed by atoms with Gasteiger partial charge >= 0.3 is 75.7 Å². The summed E-state index contributed by atoms with van der Waals surface area (Å²) < 4.78 is 0. The first-order chi connectivity index (χ1) is 30.4. The van der Waals surface area contributed by atoms with E-state index in [4.69, 9.17) is 34.1 Å². The van der Waals surface area contributed by atoms with E-state index in [0.717, 1.165) is 76.9 Å². The van der Waals surface area contributed by atoms with Crippen LogP contribution in [0.2, 0.25) is 0 Å². The van der Waals surface area contributed by atoms with Crippen LogP contribution in [0.1, 0.15) is 179 Å². The van der Waals surface area contributed by atoms with Crippen LogP contribution >= 0.6 is 34.1 Å². The van der Waals surface area contributed by atoms with Gasteiger partial charge in [-0.1, -0.05) is 232 Å². The molecule has 12 atom stereocenters. The molecule has 68 heavy (non-hydrogen) atoms. The van der Waals surface area contributed by atoms with Gasteiger partial charge in [0, 0.05) is 0 Å². The number of allylic oxidation sites excluding steroid dienone is 16. The van der Waals surface area contributed by atoms with Gasteiger partial charge in [-0.25, -0.2) is 0 Å². The summed E-state index contributed by atoms with van der Waals surface area (Å²) in [5.74, 6) is 11.0. The van der Waals surface area contributed by atoms with E-state index in [1.54, 1.807) is 5.57 Å². The van der Waals surface area contributed by atoms with Crippen LogP contribution in [0.15, 0.2) is 95.7 Å². The SMILES string of the molecule is CC(C)(C)C1=CC2CC3C=C(C(C)(C)C)C=CC3C2C=C1.CC1CC(C)C(C)C1C.CCCCC1CCCC1.CCCCCCC1=CC2CC3C=CC=CC3C2C=C1.[CH3-].[CH3-].[CH3-].[CH3-].[Cl][Zr+2][Cl].[Cl][Zr+2][Cl]. The van der Waals surface area contributed by atoms with Crippen LogP contribution in [0.4, 0.5) is 0 Å². The Bertz CT molecular complexity index is 1520. The predicted octanol–water partition coefficient (Wildman–Crippen LogP) is 22.2. The Labute approximate surface area is 463 Å². The quantitative estimate of drug-likeness (QED) is 0.168. The molecule has 8 aliphatic rings. The summed E-state index contributed by atoms with van der Waals surface area (Å²) in [6.45, 7) is 28.0. The molecular formula is C62H104Cl4Zr2. The molecule has 388 valence electrons. The number of fused-ring (bicyclic) bond motifs is 6. The zero-order valence-corrected chi connectivity index (χ0v) is 54.6. The Balaban J connectivity index is 0. The van der Waals surface area contributed by atoms with Crippen molar-refractivity contribution in [1.29, 1.82) is 0 Å². The number of hydrogen-bond donors (Lipinski definition) is 0. The Hall–Kier alpha value is 0.846. The van der Waals surface area contributed by atoms with Crippen molar-refractivity contribution in [1.82, 2.24) is 0 Å². The second kappa shape index (κ2) is 36.7. The van der Waals surface area contributed by atoms with E-state index >= 15 is 0 Å². The maximum atomic E-state index is 4.93. The monoisotopic (exact) mass is 1170 g/mol. The molecule has 0 aliphatic heterocycles. The molecule has 6 heteroatoms. The molecule has 12 unspecified atom stereocenters. The van der Waals surface area contributed by atoms with E-state index in [0.29, 0.717) is 0 Å². The summed E-state index contributed by atoms with van der Waals surface area (Å²) in [7, 11) is 19.7. The predicted molar refractivity (Wildman–Crippen MR) is 307 cm³/mol. The summed E-state index contributed by atoms with van der Waals surface area (Å²) in [4.78, 5) is 0. The van der Waals surface area contributed by atoms with Crippen LogP contribution in [-0.2, 0) is 41.7 Å². The van der Waals surface area contributed by atoms with Crippen LogP contribution in [-0.4, -0.2) is 0 Å². The molecule has 0 bridgehead atoms. The second-order valence-electron chi connectivity index (χ2n) is 22.9. The molecule has 0 radical (unpaired) electrons. The van der Waals surface area contributed by atoms with E-state index in [1.165, 1.54) is 107 Å². The van der Waals surface area contributed by atoms with E-state index in [9.17, 15) is 0 Å². The summed E-state index contributed by atoms with van der Waals surface area (Å²) in [5, 5.41) is 0. The minimum atomic E-state index is -0.826. The molecule has 8 rings (SSSR count). The Kier molecular flexibility index (Phi) is 38.3. The van der Waals surface area contributed by atoms with Crippen LogP contribution in [0.3, 0.4) is 0 Å². The third-order valence-corrected chi connectivity index (χ3v) is 16.4.